The molecule has 1 aromatic rings. The van der Waals surface area contributed by atoms with Crippen molar-refractivity contribution in [2.45, 2.75) is 6.04 Å². The van der Waals surface area contributed by atoms with Crippen molar-refractivity contribution in [1.82, 2.24) is 10.2 Å². The fourth-order valence-corrected chi connectivity index (χ4v) is 2.03. The van der Waals surface area contributed by atoms with Gasteiger partial charge in [0, 0.05) is 25.8 Å². The maximum atomic E-state index is 12.8. The van der Waals surface area contributed by atoms with Crippen LogP contribution in [0.3, 0.4) is 0 Å². The number of hydrogen-bond acceptors (Lipinski definition) is 2. The highest BCUT2D eigenvalue weighted by molar-refractivity contribution is 5.94. The molecule has 4 nitrogen and oxygen atoms in total. The van der Waals surface area contributed by atoms with Crippen molar-refractivity contribution in [1.29, 1.82) is 0 Å². The molecule has 0 bridgehead atoms. The van der Waals surface area contributed by atoms with Gasteiger partial charge in [0.1, 0.15) is 5.82 Å². The summed E-state index contributed by atoms with van der Waals surface area (Å²) in [6.45, 7) is 1.38. The lowest BCUT2D eigenvalue weighted by molar-refractivity contribution is 0.218. The quantitative estimate of drug-likeness (QED) is 0.859. The van der Waals surface area contributed by atoms with E-state index >= 15 is 0 Å². The Balaban J connectivity index is 2.17. The molecule has 5 heteroatoms. The second-order valence-corrected chi connectivity index (χ2v) is 4.19. The van der Waals surface area contributed by atoms with E-state index in [1.807, 2.05) is 7.05 Å². The summed E-state index contributed by atoms with van der Waals surface area (Å²) in [5, 5.41) is 3.06. The first kappa shape index (κ1) is 11.9. The average molecular weight is 237 g/mol. The number of likely N-dealkylation sites (N-methyl/N-ethyl adjacent to an activating group) is 2. The van der Waals surface area contributed by atoms with Crippen LogP contribution in [0.2, 0.25) is 0 Å². The largest absolute Gasteiger partial charge is 0.324 e. The molecule has 1 heterocycles. The zero-order chi connectivity index (χ0) is 12.4. The van der Waals surface area contributed by atoms with Crippen molar-refractivity contribution in [2.75, 3.05) is 32.1 Å². The minimum absolute atomic E-state index is 0.0446. The normalized spacial score (nSPS) is 20.2. The number of hydrogen-bond donors (Lipinski definition) is 1. The Hall–Kier alpha value is -1.62. The Morgan fingerprint density at radius 2 is 2.06 bits per heavy atom. The van der Waals surface area contributed by atoms with Crippen LogP contribution in [-0.2, 0) is 0 Å². The summed E-state index contributed by atoms with van der Waals surface area (Å²) in [4.78, 5) is 15.4. The SMILES string of the molecule is CNCC1CN(c2ccc(F)cc2)C(=O)N1C. The van der Waals surface area contributed by atoms with E-state index in [-0.39, 0.29) is 17.9 Å². The van der Waals surface area contributed by atoms with Crippen molar-refractivity contribution in [3.63, 3.8) is 0 Å². The minimum atomic E-state index is -0.291. The molecule has 0 aliphatic carbocycles. The van der Waals surface area contributed by atoms with E-state index in [4.69, 9.17) is 0 Å². The van der Waals surface area contributed by atoms with Gasteiger partial charge in [-0.3, -0.25) is 4.90 Å². The number of carbonyl (C=O) groups is 1. The van der Waals surface area contributed by atoms with Gasteiger partial charge < -0.3 is 10.2 Å². The number of nitrogens with one attached hydrogen (secondary N) is 1. The number of urea groups is 1. The van der Waals surface area contributed by atoms with Crippen LogP contribution in [-0.4, -0.2) is 44.2 Å². The molecule has 1 aliphatic heterocycles. The molecular formula is C12H16FN3O. The smallest absolute Gasteiger partial charge is 0.321 e. The van der Waals surface area contributed by atoms with Gasteiger partial charge in [0.25, 0.3) is 0 Å². The molecule has 1 N–H and O–H groups in total. The van der Waals surface area contributed by atoms with Crippen LogP contribution in [0.5, 0.6) is 0 Å². The molecule has 1 atom stereocenters. The Morgan fingerprint density at radius 1 is 1.41 bits per heavy atom. The first-order chi connectivity index (χ1) is 8.13. The highest BCUT2D eigenvalue weighted by Gasteiger charge is 2.34. The van der Waals surface area contributed by atoms with Crippen LogP contribution >= 0.6 is 0 Å². The summed E-state index contributed by atoms with van der Waals surface area (Å²) in [5.41, 5.74) is 0.738. The summed E-state index contributed by atoms with van der Waals surface area (Å²) in [6, 6.07) is 6.10. The number of nitrogens with zero attached hydrogens (tertiary/aromatic N) is 2. The Morgan fingerprint density at radius 3 is 2.65 bits per heavy atom. The van der Waals surface area contributed by atoms with Gasteiger partial charge in [0.2, 0.25) is 0 Å². The molecular weight excluding hydrogens is 221 g/mol. The number of rotatable bonds is 3. The minimum Gasteiger partial charge on any atom is -0.321 e. The lowest BCUT2D eigenvalue weighted by atomic mass is 10.2. The third-order valence-corrected chi connectivity index (χ3v) is 3.05. The number of carbonyl (C=O) groups excluding carboxylic acids is 1. The fraction of sp³-hybridized carbons (Fsp3) is 0.417. The van der Waals surface area contributed by atoms with E-state index in [2.05, 4.69) is 5.32 Å². The van der Waals surface area contributed by atoms with Gasteiger partial charge in [0.05, 0.1) is 6.04 Å². The Bertz CT molecular complexity index is 407. The average Bonchev–Trinajstić information content (AvgIpc) is 2.59. The summed E-state index contributed by atoms with van der Waals surface area (Å²) < 4.78 is 12.8. The van der Waals surface area contributed by atoms with E-state index in [1.54, 1.807) is 29.0 Å². The molecule has 1 aromatic carbocycles. The first-order valence-electron chi connectivity index (χ1n) is 5.58. The predicted octanol–water partition coefficient (Wildman–Crippen LogP) is 1.29. The van der Waals surface area contributed by atoms with Gasteiger partial charge in [-0.15, -0.1) is 0 Å². The monoisotopic (exact) mass is 237 g/mol. The number of amides is 2. The summed E-state index contributed by atoms with van der Waals surface area (Å²) in [6.07, 6.45) is 0. The van der Waals surface area contributed by atoms with E-state index in [0.717, 1.165) is 12.2 Å². The molecule has 1 fully saturated rings. The van der Waals surface area contributed by atoms with Crippen LogP contribution in [0, 0.1) is 5.82 Å². The summed E-state index contributed by atoms with van der Waals surface area (Å²) >= 11 is 0. The number of benzene rings is 1. The van der Waals surface area contributed by atoms with Gasteiger partial charge in [-0.25, -0.2) is 9.18 Å². The fourth-order valence-electron chi connectivity index (χ4n) is 2.03. The number of anilines is 1. The summed E-state index contributed by atoms with van der Waals surface area (Å²) in [7, 11) is 3.65. The van der Waals surface area contributed by atoms with Crippen LogP contribution in [0.1, 0.15) is 0 Å². The third kappa shape index (κ3) is 2.24. The Labute approximate surface area is 100 Å². The molecule has 92 valence electrons. The zero-order valence-electron chi connectivity index (χ0n) is 9.98. The Kier molecular flexibility index (Phi) is 3.28. The molecule has 0 aromatic heterocycles. The predicted molar refractivity (Wildman–Crippen MR) is 64.6 cm³/mol. The molecule has 0 radical (unpaired) electrons. The van der Waals surface area contributed by atoms with Crippen LogP contribution in [0.4, 0.5) is 14.9 Å². The van der Waals surface area contributed by atoms with Crippen molar-refractivity contribution in [3.05, 3.63) is 30.1 Å². The molecule has 0 spiro atoms. The maximum absolute atomic E-state index is 12.8. The molecule has 0 saturated carbocycles. The van der Waals surface area contributed by atoms with Gasteiger partial charge >= 0.3 is 6.03 Å². The van der Waals surface area contributed by atoms with Crippen molar-refractivity contribution in [3.8, 4) is 0 Å². The van der Waals surface area contributed by atoms with Gasteiger partial charge in [-0.1, -0.05) is 0 Å². The van der Waals surface area contributed by atoms with Gasteiger partial charge in [-0.2, -0.15) is 0 Å². The molecule has 2 rings (SSSR count). The molecule has 17 heavy (non-hydrogen) atoms. The highest BCUT2D eigenvalue weighted by Crippen LogP contribution is 2.22. The van der Waals surface area contributed by atoms with E-state index < -0.39 is 0 Å². The zero-order valence-corrected chi connectivity index (χ0v) is 9.98. The van der Waals surface area contributed by atoms with Crippen LogP contribution in [0.25, 0.3) is 0 Å². The summed E-state index contributed by atoms with van der Waals surface area (Å²) in [5.74, 6) is -0.291. The van der Waals surface area contributed by atoms with Crippen molar-refractivity contribution in [2.24, 2.45) is 0 Å². The second kappa shape index (κ2) is 4.71. The number of halogens is 1. The highest BCUT2D eigenvalue weighted by atomic mass is 19.1. The van der Waals surface area contributed by atoms with Crippen LogP contribution in [0.15, 0.2) is 24.3 Å². The molecule has 2 amide bonds. The lowest BCUT2D eigenvalue weighted by Crippen LogP contribution is -2.37. The van der Waals surface area contributed by atoms with Gasteiger partial charge in [-0.05, 0) is 31.3 Å². The molecule has 1 unspecified atom stereocenters. The lowest BCUT2D eigenvalue weighted by Gasteiger charge is -2.16. The molecule has 1 saturated heterocycles. The van der Waals surface area contributed by atoms with E-state index in [0.29, 0.717) is 6.54 Å². The van der Waals surface area contributed by atoms with E-state index in [1.165, 1.54) is 12.1 Å². The molecule has 1 aliphatic rings. The second-order valence-electron chi connectivity index (χ2n) is 4.19. The van der Waals surface area contributed by atoms with Crippen LogP contribution < -0.4 is 10.2 Å². The topological polar surface area (TPSA) is 35.6 Å². The van der Waals surface area contributed by atoms with Gasteiger partial charge in [0.15, 0.2) is 0 Å². The van der Waals surface area contributed by atoms with E-state index in [9.17, 15) is 9.18 Å². The first-order valence-corrected chi connectivity index (χ1v) is 5.58. The van der Waals surface area contributed by atoms with Crippen molar-refractivity contribution >= 4 is 11.7 Å². The third-order valence-electron chi connectivity index (χ3n) is 3.05. The van der Waals surface area contributed by atoms with Crippen molar-refractivity contribution < 1.29 is 9.18 Å². The standard InChI is InChI=1S/C12H16FN3O/c1-14-7-11-8-16(12(17)15(11)2)10-5-3-9(13)4-6-10/h3-6,11,14H,7-8H2,1-2H3. The maximum Gasteiger partial charge on any atom is 0.324 e.